The van der Waals surface area contributed by atoms with Gasteiger partial charge in [0.15, 0.2) is 0 Å². The van der Waals surface area contributed by atoms with Gasteiger partial charge in [0.25, 0.3) is 0 Å². The Morgan fingerprint density at radius 3 is 2.62 bits per heavy atom. The highest BCUT2D eigenvalue weighted by Gasteiger charge is 2.10. The Kier molecular flexibility index (Phi) is 5.25. The molecule has 114 valence electrons. The van der Waals surface area contributed by atoms with E-state index in [-0.39, 0.29) is 5.75 Å². The average molecular weight is 328 g/mol. The van der Waals surface area contributed by atoms with E-state index >= 15 is 0 Å². The van der Waals surface area contributed by atoms with Crippen LogP contribution < -0.4 is 4.72 Å². The van der Waals surface area contributed by atoms with E-state index < -0.39 is 10.0 Å². The van der Waals surface area contributed by atoms with Crippen LogP contribution in [0.3, 0.4) is 0 Å². The van der Waals surface area contributed by atoms with E-state index in [1.165, 1.54) is 0 Å². The molecule has 0 aliphatic heterocycles. The lowest BCUT2D eigenvalue weighted by molar-refractivity contribution is 0.600. The number of sulfonamides is 1. The van der Waals surface area contributed by atoms with Crippen LogP contribution in [0.2, 0.25) is 0 Å². The number of halogens is 1. The molecule has 0 fully saturated rings. The SMILES string of the molecule is CCc1nccn1-c1ccc(NS(=O)(=O)CCCCl)cc1. The summed E-state index contributed by atoms with van der Waals surface area (Å²) >= 11 is 5.52. The minimum atomic E-state index is -3.33. The second-order valence-electron chi connectivity index (χ2n) is 4.58. The summed E-state index contributed by atoms with van der Waals surface area (Å²) in [5.41, 5.74) is 1.50. The van der Waals surface area contributed by atoms with Crippen molar-refractivity contribution in [2.75, 3.05) is 16.4 Å². The molecule has 0 aliphatic carbocycles. The summed E-state index contributed by atoms with van der Waals surface area (Å²) in [5.74, 6) is 1.32. The molecular weight excluding hydrogens is 310 g/mol. The highest BCUT2D eigenvalue weighted by Crippen LogP contribution is 2.16. The number of aromatic nitrogens is 2. The molecule has 21 heavy (non-hydrogen) atoms. The minimum absolute atomic E-state index is 0.0275. The Balaban J connectivity index is 2.13. The Bertz CT molecular complexity index is 680. The molecule has 0 amide bonds. The smallest absolute Gasteiger partial charge is 0.232 e. The van der Waals surface area contributed by atoms with Gasteiger partial charge in [-0.3, -0.25) is 4.72 Å². The zero-order valence-corrected chi connectivity index (χ0v) is 13.4. The van der Waals surface area contributed by atoms with Gasteiger partial charge in [-0.15, -0.1) is 11.6 Å². The summed E-state index contributed by atoms with van der Waals surface area (Å²) in [6, 6.07) is 7.21. The predicted molar refractivity (Wildman–Crippen MR) is 85.7 cm³/mol. The monoisotopic (exact) mass is 327 g/mol. The molecule has 0 radical (unpaired) electrons. The van der Waals surface area contributed by atoms with E-state index in [0.29, 0.717) is 18.0 Å². The maximum atomic E-state index is 11.8. The van der Waals surface area contributed by atoms with Crippen LogP contribution in [0.4, 0.5) is 5.69 Å². The lowest BCUT2D eigenvalue weighted by Gasteiger charge is -2.10. The molecule has 5 nitrogen and oxygen atoms in total. The quantitative estimate of drug-likeness (QED) is 0.795. The molecule has 0 bridgehead atoms. The van der Waals surface area contributed by atoms with Crippen LogP contribution in [0.1, 0.15) is 19.2 Å². The van der Waals surface area contributed by atoms with Crippen molar-refractivity contribution in [1.82, 2.24) is 9.55 Å². The van der Waals surface area contributed by atoms with Crippen molar-refractivity contribution in [3.05, 3.63) is 42.5 Å². The van der Waals surface area contributed by atoms with Crippen LogP contribution in [0, 0.1) is 0 Å². The number of nitrogens with one attached hydrogen (secondary N) is 1. The molecule has 0 aliphatic rings. The maximum Gasteiger partial charge on any atom is 0.232 e. The van der Waals surface area contributed by atoms with E-state index in [4.69, 9.17) is 11.6 Å². The molecule has 1 heterocycles. The minimum Gasteiger partial charge on any atom is -0.304 e. The van der Waals surface area contributed by atoms with Gasteiger partial charge >= 0.3 is 0 Å². The molecule has 1 N–H and O–H groups in total. The number of benzene rings is 1. The number of anilines is 1. The topological polar surface area (TPSA) is 64.0 Å². The highest BCUT2D eigenvalue weighted by molar-refractivity contribution is 7.92. The van der Waals surface area contributed by atoms with E-state index in [0.717, 1.165) is 17.9 Å². The first-order valence-corrected chi connectivity index (χ1v) is 8.93. The van der Waals surface area contributed by atoms with Crippen molar-refractivity contribution in [2.24, 2.45) is 0 Å². The third-order valence-corrected chi connectivity index (χ3v) is 4.64. The summed E-state index contributed by atoms with van der Waals surface area (Å²) in [4.78, 5) is 4.27. The maximum absolute atomic E-state index is 11.8. The standard InChI is InChI=1S/C14H18ClN3O2S/c1-2-14-16-9-10-18(14)13-6-4-12(5-7-13)17-21(19,20)11-3-8-15/h4-7,9-10,17H,2-3,8,11H2,1H3. The van der Waals surface area contributed by atoms with Gasteiger partial charge in [0.1, 0.15) is 5.82 Å². The third-order valence-electron chi connectivity index (χ3n) is 3.00. The zero-order chi connectivity index (χ0) is 15.3. The summed E-state index contributed by atoms with van der Waals surface area (Å²) in [6.07, 6.45) is 4.91. The summed E-state index contributed by atoms with van der Waals surface area (Å²) in [5, 5.41) is 0. The number of hydrogen-bond donors (Lipinski definition) is 1. The van der Waals surface area contributed by atoms with E-state index in [2.05, 4.69) is 9.71 Å². The van der Waals surface area contributed by atoms with Gasteiger partial charge in [0.05, 0.1) is 5.75 Å². The van der Waals surface area contributed by atoms with Crippen molar-refractivity contribution in [3.63, 3.8) is 0 Å². The number of imidazole rings is 1. The molecular formula is C14H18ClN3O2S. The number of alkyl halides is 1. The summed E-state index contributed by atoms with van der Waals surface area (Å²) in [7, 11) is -3.33. The Labute approximate surface area is 130 Å². The van der Waals surface area contributed by atoms with Crippen molar-refractivity contribution < 1.29 is 8.42 Å². The molecule has 1 aromatic carbocycles. The molecule has 0 spiro atoms. The third kappa shape index (κ3) is 4.22. The Hall–Kier alpha value is -1.53. The molecule has 1 aromatic heterocycles. The van der Waals surface area contributed by atoms with Gasteiger partial charge < -0.3 is 4.57 Å². The Morgan fingerprint density at radius 2 is 2.00 bits per heavy atom. The molecule has 2 rings (SSSR count). The fraction of sp³-hybridized carbons (Fsp3) is 0.357. The van der Waals surface area contributed by atoms with Gasteiger partial charge in [-0.05, 0) is 30.7 Å². The average Bonchev–Trinajstić information content (AvgIpc) is 2.94. The number of hydrogen-bond acceptors (Lipinski definition) is 3. The van der Waals surface area contributed by atoms with Crippen LogP contribution in [0.25, 0.3) is 5.69 Å². The first-order valence-electron chi connectivity index (χ1n) is 6.75. The van der Waals surface area contributed by atoms with Crippen molar-refractivity contribution in [3.8, 4) is 5.69 Å². The first kappa shape index (κ1) is 15.9. The fourth-order valence-electron chi connectivity index (χ4n) is 2.00. The Morgan fingerprint density at radius 1 is 1.29 bits per heavy atom. The normalized spacial score (nSPS) is 11.5. The van der Waals surface area contributed by atoms with Gasteiger partial charge in [0.2, 0.25) is 10.0 Å². The largest absolute Gasteiger partial charge is 0.304 e. The summed E-state index contributed by atoms with van der Waals surface area (Å²) < 4.78 is 28.1. The first-order chi connectivity index (χ1) is 10.1. The lowest BCUT2D eigenvalue weighted by atomic mass is 10.3. The van der Waals surface area contributed by atoms with Gasteiger partial charge in [-0.1, -0.05) is 6.92 Å². The van der Waals surface area contributed by atoms with Gasteiger partial charge in [-0.2, -0.15) is 0 Å². The van der Waals surface area contributed by atoms with Crippen molar-refractivity contribution in [2.45, 2.75) is 19.8 Å². The van der Waals surface area contributed by atoms with Crippen LogP contribution in [-0.2, 0) is 16.4 Å². The molecule has 0 saturated heterocycles. The molecule has 0 saturated carbocycles. The number of rotatable bonds is 7. The van der Waals surface area contributed by atoms with Crippen molar-refractivity contribution >= 4 is 27.3 Å². The molecule has 7 heteroatoms. The number of aryl methyl sites for hydroxylation is 1. The van der Waals surface area contributed by atoms with E-state index in [1.807, 2.05) is 29.8 Å². The van der Waals surface area contributed by atoms with Crippen LogP contribution in [0.15, 0.2) is 36.7 Å². The summed E-state index contributed by atoms with van der Waals surface area (Å²) in [6.45, 7) is 2.04. The van der Waals surface area contributed by atoms with Crippen LogP contribution in [-0.4, -0.2) is 29.6 Å². The molecule has 2 aromatic rings. The van der Waals surface area contributed by atoms with E-state index in [9.17, 15) is 8.42 Å². The van der Waals surface area contributed by atoms with Gasteiger partial charge in [0, 0.05) is 36.1 Å². The predicted octanol–water partition coefficient (Wildman–Crippen LogP) is 2.81. The molecule has 0 unspecified atom stereocenters. The number of nitrogens with zero attached hydrogens (tertiary/aromatic N) is 2. The zero-order valence-electron chi connectivity index (χ0n) is 11.8. The second-order valence-corrected chi connectivity index (χ2v) is 6.80. The lowest BCUT2D eigenvalue weighted by Crippen LogP contribution is -2.17. The van der Waals surface area contributed by atoms with Gasteiger partial charge in [-0.25, -0.2) is 13.4 Å². The highest BCUT2D eigenvalue weighted by atomic mass is 35.5. The fourth-order valence-corrected chi connectivity index (χ4v) is 3.41. The second kappa shape index (κ2) is 6.95. The molecule has 0 atom stereocenters. The van der Waals surface area contributed by atoms with Crippen LogP contribution in [0.5, 0.6) is 0 Å². The van der Waals surface area contributed by atoms with Crippen molar-refractivity contribution in [1.29, 1.82) is 0 Å². The van der Waals surface area contributed by atoms with Crippen LogP contribution >= 0.6 is 11.6 Å². The van der Waals surface area contributed by atoms with E-state index in [1.54, 1.807) is 18.3 Å².